The van der Waals surface area contributed by atoms with Crippen molar-refractivity contribution >= 4 is 49.2 Å². The minimum Gasteiger partial charge on any atom is -0.295 e. The molecule has 3 aromatic carbocycles. The summed E-state index contributed by atoms with van der Waals surface area (Å²) in [5, 5.41) is 3.79. The molecule has 0 saturated heterocycles. The predicted molar refractivity (Wildman–Crippen MR) is 118 cm³/mol. The minimum atomic E-state index is -1.91. The van der Waals surface area contributed by atoms with E-state index < -0.39 is 5.96 Å². The fourth-order valence-electron chi connectivity index (χ4n) is 2.84. The molecule has 1 nitrogen and oxygen atoms in total. The van der Waals surface area contributed by atoms with Crippen LogP contribution in [0.1, 0.15) is 18.9 Å². The first kappa shape index (κ1) is 18.8. The van der Waals surface area contributed by atoms with Gasteiger partial charge in [-0.05, 0) is 48.0 Å². The Kier molecular flexibility index (Phi) is 6.19. The van der Waals surface area contributed by atoms with E-state index in [4.69, 9.17) is 0 Å². The molecule has 3 aromatic rings. The summed E-state index contributed by atoms with van der Waals surface area (Å²) >= 11 is 4.16. The van der Waals surface area contributed by atoms with Crippen LogP contribution in [-0.2, 0) is 4.79 Å². The molecule has 0 aromatic heterocycles. The van der Waals surface area contributed by atoms with Crippen molar-refractivity contribution in [2.45, 2.75) is 13.3 Å². The van der Waals surface area contributed by atoms with Crippen LogP contribution in [0.5, 0.6) is 0 Å². The first-order chi connectivity index (χ1) is 12.6. The third-order valence-electron chi connectivity index (χ3n) is 4.26. The maximum Gasteiger partial charge on any atom is 0.181 e. The molecular formula is C23H21BrOP+. The number of allylic oxidation sites excluding steroid dienone is 1. The molecule has 0 aliphatic rings. The van der Waals surface area contributed by atoms with Gasteiger partial charge in [0.05, 0.1) is 0 Å². The molecule has 0 aliphatic heterocycles. The van der Waals surface area contributed by atoms with Crippen LogP contribution >= 0.6 is 21.5 Å². The Balaban J connectivity index is 2.12. The van der Waals surface area contributed by atoms with Gasteiger partial charge in [-0.15, -0.1) is 0 Å². The van der Waals surface area contributed by atoms with Crippen LogP contribution in [0.15, 0.2) is 91.0 Å². The Bertz CT molecular complexity index is 864. The van der Waals surface area contributed by atoms with Crippen molar-refractivity contribution in [3.05, 3.63) is 96.6 Å². The second-order valence-corrected chi connectivity index (χ2v) is 11.9. The van der Waals surface area contributed by atoms with Crippen molar-refractivity contribution < 1.29 is 4.79 Å². The molecule has 0 unspecified atom stereocenters. The zero-order chi connectivity index (χ0) is 18.4. The standard InChI is InChI=1S/C23H21BrOP/c1-2-20(25)17-16-19-10-9-15-23(18-19)26(24,21-11-5-3-6-12-21)22-13-7-4-8-14-22/h3-18H,2H2,1H3/q+1/b17-16+. The van der Waals surface area contributed by atoms with Crippen LogP contribution in [0.3, 0.4) is 0 Å². The highest BCUT2D eigenvalue weighted by molar-refractivity contribution is 9.44. The Hall–Kier alpha value is -2.02. The maximum atomic E-state index is 11.6. The molecule has 0 N–H and O–H groups in total. The van der Waals surface area contributed by atoms with E-state index in [0.717, 1.165) is 5.56 Å². The summed E-state index contributed by atoms with van der Waals surface area (Å²) in [6, 6.07) is 29.6. The van der Waals surface area contributed by atoms with Gasteiger partial charge in [-0.3, -0.25) is 4.79 Å². The monoisotopic (exact) mass is 423 g/mol. The van der Waals surface area contributed by atoms with Gasteiger partial charge in [0.1, 0.15) is 15.9 Å². The van der Waals surface area contributed by atoms with Gasteiger partial charge in [0.2, 0.25) is 0 Å². The number of halogens is 1. The van der Waals surface area contributed by atoms with Gasteiger partial charge in [-0.25, -0.2) is 0 Å². The summed E-state index contributed by atoms with van der Waals surface area (Å²) in [6.45, 7) is 1.88. The number of benzene rings is 3. The van der Waals surface area contributed by atoms with E-state index in [1.54, 1.807) is 6.08 Å². The summed E-state index contributed by atoms with van der Waals surface area (Å²) in [5.41, 5.74) is 1.04. The lowest BCUT2D eigenvalue weighted by atomic mass is 10.2. The number of carbonyl (C=O) groups is 1. The van der Waals surface area contributed by atoms with Crippen LogP contribution in [0.4, 0.5) is 0 Å². The minimum absolute atomic E-state index is 0.140. The molecule has 0 fully saturated rings. The predicted octanol–water partition coefficient (Wildman–Crippen LogP) is 5.28. The van der Waals surface area contributed by atoms with Gasteiger partial charge in [0.15, 0.2) is 27.2 Å². The Morgan fingerprint density at radius 3 is 1.92 bits per heavy atom. The number of carbonyl (C=O) groups excluding carboxylic acids is 1. The summed E-state index contributed by atoms with van der Waals surface area (Å²) in [4.78, 5) is 11.6. The van der Waals surface area contributed by atoms with Crippen LogP contribution in [0.25, 0.3) is 6.08 Å². The van der Waals surface area contributed by atoms with E-state index in [1.807, 2.05) is 31.2 Å². The molecule has 26 heavy (non-hydrogen) atoms. The Morgan fingerprint density at radius 2 is 1.38 bits per heavy atom. The second-order valence-electron chi connectivity index (χ2n) is 6.01. The zero-order valence-electron chi connectivity index (χ0n) is 14.7. The first-order valence-electron chi connectivity index (χ1n) is 8.66. The number of rotatable bonds is 6. The normalized spacial score (nSPS) is 11.6. The third-order valence-corrected chi connectivity index (χ3v) is 11.0. The van der Waals surface area contributed by atoms with E-state index in [-0.39, 0.29) is 5.78 Å². The zero-order valence-corrected chi connectivity index (χ0v) is 17.2. The second kappa shape index (κ2) is 8.58. The van der Waals surface area contributed by atoms with E-state index in [2.05, 4.69) is 82.2 Å². The van der Waals surface area contributed by atoms with Crippen LogP contribution in [0.2, 0.25) is 0 Å². The number of ketones is 1. The fourth-order valence-corrected chi connectivity index (χ4v) is 7.60. The highest BCUT2D eigenvalue weighted by Crippen LogP contribution is 2.62. The lowest BCUT2D eigenvalue weighted by Gasteiger charge is -2.20. The number of hydrogen-bond donors (Lipinski definition) is 0. The number of hydrogen-bond acceptors (Lipinski definition) is 1. The van der Waals surface area contributed by atoms with Crippen molar-refractivity contribution in [2.24, 2.45) is 0 Å². The summed E-state index contributed by atoms with van der Waals surface area (Å²) in [6.07, 6.45) is 4.10. The van der Waals surface area contributed by atoms with E-state index >= 15 is 0 Å². The molecule has 0 bridgehead atoms. The van der Waals surface area contributed by atoms with E-state index in [0.29, 0.717) is 6.42 Å². The molecule has 3 heteroatoms. The van der Waals surface area contributed by atoms with Crippen molar-refractivity contribution in [1.82, 2.24) is 0 Å². The van der Waals surface area contributed by atoms with Gasteiger partial charge < -0.3 is 0 Å². The molecule has 0 radical (unpaired) electrons. The summed E-state index contributed by atoms with van der Waals surface area (Å²) < 4.78 is 0. The molecule has 130 valence electrons. The quantitative estimate of drug-likeness (QED) is 0.389. The van der Waals surface area contributed by atoms with Gasteiger partial charge >= 0.3 is 0 Å². The Morgan fingerprint density at radius 1 is 0.846 bits per heavy atom. The molecule has 0 amide bonds. The van der Waals surface area contributed by atoms with Crippen LogP contribution in [-0.4, -0.2) is 5.78 Å². The molecular weight excluding hydrogens is 403 g/mol. The van der Waals surface area contributed by atoms with Gasteiger partial charge in [0, 0.05) is 6.42 Å². The highest BCUT2D eigenvalue weighted by Gasteiger charge is 2.43. The van der Waals surface area contributed by atoms with Gasteiger partial charge in [0.25, 0.3) is 0 Å². The SMILES string of the molecule is CCC(=O)/C=C/c1cccc([P+](Br)(c2ccccc2)c2ccccc2)c1. The molecule has 0 aliphatic carbocycles. The molecule has 0 saturated carbocycles. The summed E-state index contributed by atoms with van der Waals surface area (Å²) in [5.74, 6) is -1.77. The van der Waals surface area contributed by atoms with E-state index in [9.17, 15) is 4.79 Å². The van der Waals surface area contributed by atoms with Crippen molar-refractivity contribution in [2.75, 3.05) is 0 Å². The van der Waals surface area contributed by atoms with Crippen molar-refractivity contribution in [3.8, 4) is 0 Å². The summed E-state index contributed by atoms with van der Waals surface area (Å²) in [7, 11) is 0. The van der Waals surface area contributed by atoms with Crippen molar-refractivity contribution in [1.29, 1.82) is 0 Å². The van der Waals surface area contributed by atoms with E-state index in [1.165, 1.54) is 15.9 Å². The molecule has 0 heterocycles. The Labute approximate surface area is 163 Å². The lowest BCUT2D eigenvalue weighted by molar-refractivity contribution is -0.114. The third kappa shape index (κ3) is 4.03. The largest absolute Gasteiger partial charge is 0.295 e. The molecule has 0 spiro atoms. The first-order valence-corrected chi connectivity index (χ1v) is 12.5. The average Bonchev–Trinajstić information content (AvgIpc) is 2.73. The molecule has 0 atom stereocenters. The van der Waals surface area contributed by atoms with Crippen molar-refractivity contribution in [3.63, 3.8) is 0 Å². The maximum absolute atomic E-state index is 11.6. The highest BCUT2D eigenvalue weighted by atomic mass is 79.9. The lowest BCUT2D eigenvalue weighted by Crippen LogP contribution is -2.26. The van der Waals surface area contributed by atoms with Crippen LogP contribution in [0, 0.1) is 0 Å². The fraction of sp³-hybridized carbons (Fsp3) is 0.0870. The smallest absolute Gasteiger partial charge is 0.181 e. The topological polar surface area (TPSA) is 17.1 Å². The van der Waals surface area contributed by atoms with Gasteiger partial charge in [-0.2, -0.15) is 0 Å². The van der Waals surface area contributed by atoms with Gasteiger partial charge in [-0.1, -0.05) is 61.5 Å². The average molecular weight is 424 g/mol. The molecule has 3 rings (SSSR count). The van der Waals surface area contributed by atoms with Crippen LogP contribution < -0.4 is 15.9 Å².